The summed E-state index contributed by atoms with van der Waals surface area (Å²) in [4.78, 5) is 8.25. The van der Waals surface area contributed by atoms with Crippen LogP contribution >= 0.6 is 0 Å². The van der Waals surface area contributed by atoms with Crippen LogP contribution in [0.5, 0.6) is 0 Å². The van der Waals surface area contributed by atoms with Gasteiger partial charge in [0.25, 0.3) is 0 Å². The Labute approximate surface area is 141 Å². The van der Waals surface area contributed by atoms with Crippen LogP contribution in [0.25, 0.3) is 22.2 Å². The molecule has 1 aromatic carbocycles. The van der Waals surface area contributed by atoms with Gasteiger partial charge in [0.15, 0.2) is 0 Å². The second kappa shape index (κ2) is 5.31. The molecule has 5 rings (SSSR count). The zero-order valence-corrected chi connectivity index (χ0v) is 13.8. The fourth-order valence-electron chi connectivity index (χ4n) is 4.41. The third-order valence-corrected chi connectivity index (χ3v) is 5.54. The Balaban J connectivity index is 1.52. The average Bonchev–Trinajstić information content (AvgIpc) is 3.28. The van der Waals surface area contributed by atoms with Crippen molar-refractivity contribution in [2.24, 2.45) is 11.8 Å². The Morgan fingerprint density at radius 2 is 1.88 bits per heavy atom. The van der Waals surface area contributed by atoms with Crippen LogP contribution in [0.15, 0.2) is 42.7 Å². The van der Waals surface area contributed by atoms with Gasteiger partial charge in [0.1, 0.15) is 5.69 Å². The number of hydrogen-bond donors (Lipinski definition) is 1. The van der Waals surface area contributed by atoms with E-state index in [2.05, 4.69) is 62.4 Å². The van der Waals surface area contributed by atoms with Crippen LogP contribution in [0, 0.1) is 11.8 Å². The van der Waals surface area contributed by atoms with E-state index in [9.17, 15) is 0 Å². The van der Waals surface area contributed by atoms with Crippen molar-refractivity contribution in [1.29, 1.82) is 0 Å². The Bertz CT molecular complexity index is 872. The third-order valence-electron chi connectivity index (χ3n) is 5.54. The molecular weight excluding hydrogens is 298 g/mol. The van der Waals surface area contributed by atoms with Crippen LogP contribution in [0.1, 0.15) is 0 Å². The smallest absolute Gasteiger partial charge is 0.116 e. The molecule has 122 valence electrons. The van der Waals surface area contributed by atoms with Gasteiger partial charge in [-0.1, -0.05) is 12.1 Å². The van der Waals surface area contributed by atoms with Crippen LogP contribution in [0.2, 0.25) is 0 Å². The first kappa shape index (κ1) is 14.0. The van der Waals surface area contributed by atoms with Crippen molar-refractivity contribution in [1.82, 2.24) is 20.1 Å². The minimum absolute atomic E-state index is 0.780. The van der Waals surface area contributed by atoms with Gasteiger partial charge in [0.05, 0.1) is 11.9 Å². The minimum atomic E-state index is 0.780. The first-order valence-electron chi connectivity index (χ1n) is 8.60. The minimum Gasteiger partial charge on any atom is -0.369 e. The fourth-order valence-corrected chi connectivity index (χ4v) is 4.41. The van der Waals surface area contributed by atoms with Crippen molar-refractivity contribution in [2.45, 2.75) is 0 Å². The summed E-state index contributed by atoms with van der Waals surface area (Å²) in [6.07, 6.45) is 3.79. The second-order valence-corrected chi connectivity index (χ2v) is 7.19. The highest BCUT2D eigenvalue weighted by Gasteiger charge is 2.39. The first-order valence-corrected chi connectivity index (χ1v) is 8.60. The molecule has 2 aromatic heterocycles. The van der Waals surface area contributed by atoms with E-state index in [1.165, 1.54) is 24.2 Å². The topological polar surface area (TPSA) is 48.1 Å². The number of benzene rings is 1. The molecule has 0 amide bonds. The lowest BCUT2D eigenvalue weighted by atomic mass is 10.0. The Hall–Kier alpha value is -2.40. The van der Waals surface area contributed by atoms with Gasteiger partial charge >= 0.3 is 0 Å². The highest BCUT2D eigenvalue weighted by atomic mass is 15.2. The summed E-state index contributed by atoms with van der Waals surface area (Å²) in [7, 11) is 2.23. The van der Waals surface area contributed by atoms with E-state index >= 15 is 0 Å². The zero-order chi connectivity index (χ0) is 16.1. The number of likely N-dealkylation sites (tertiary alicyclic amines) is 1. The van der Waals surface area contributed by atoms with Crippen molar-refractivity contribution in [2.75, 3.05) is 38.1 Å². The van der Waals surface area contributed by atoms with Gasteiger partial charge in [-0.05, 0) is 42.5 Å². The largest absolute Gasteiger partial charge is 0.369 e. The molecule has 0 aliphatic carbocycles. The van der Waals surface area contributed by atoms with E-state index in [0.717, 1.165) is 41.7 Å². The van der Waals surface area contributed by atoms with Gasteiger partial charge in [-0.15, -0.1) is 5.10 Å². The Kier molecular flexibility index (Phi) is 3.10. The molecule has 4 heterocycles. The molecule has 0 bridgehead atoms. The van der Waals surface area contributed by atoms with Crippen molar-refractivity contribution in [3.05, 3.63) is 42.7 Å². The molecule has 0 saturated carbocycles. The monoisotopic (exact) mass is 319 g/mol. The maximum absolute atomic E-state index is 4.48. The quantitative estimate of drug-likeness (QED) is 0.789. The number of aromatic amines is 1. The van der Waals surface area contributed by atoms with E-state index in [4.69, 9.17) is 0 Å². The van der Waals surface area contributed by atoms with E-state index in [1.54, 1.807) is 0 Å². The average molecular weight is 319 g/mol. The lowest BCUT2D eigenvalue weighted by Crippen LogP contribution is -2.27. The number of rotatable bonds is 2. The number of H-pyrrole nitrogens is 1. The third kappa shape index (κ3) is 2.19. The summed E-state index contributed by atoms with van der Waals surface area (Å²) in [5.74, 6) is 1.56. The number of hydrogen-bond acceptors (Lipinski definition) is 4. The van der Waals surface area contributed by atoms with Crippen molar-refractivity contribution >= 4 is 16.6 Å². The summed E-state index contributed by atoms with van der Waals surface area (Å²) in [6, 6.07) is 10.7. The van der Waals surface area contributed by atoms with Gasteiger partial charge in [-0.2, -0.15) is 5.10 Å². The number of anilines is 1. The molecule has 0 unspecified atom stereocenters. The standard InChI is InChI=1S/C19H21N5/c1-23-9-15-11-24(12-16(15)10-23)18-5-7-21-22-19(18)14-3-2-13-4-6-20-17(13)8-14/h2-8,15-16,20H,9-12H2,1H3/t15-,16+. The fraction of sp³-hybridized carbons (Fsp3) is 0.368. The van der Waals surface area contributed by atoms with Crippen LogP contribution in [0.4, 0.5) is 5.69 Å². The molecule has 2 aliphatic rings. The molecule has 2 aliphatic heterocycles. The summed E-state index contributed by atoms with van der Waals surface area (Å²) in [6.45, 7) is 4.67. The van der Waals surface area contributed by atoms with Gasteiger partial charge < -0.3 is 14.8 Å². The highest BCUT2D eigenvalue weighted by Crippen LogP contribution is 2.37. The van der Waals surface area contributed by atoms with E-state index < -0.39 is 0 Å². The molecule has 2 saturated heterocycles. The molecule has 2 atom stereocenters. The number of fused-ring (bicyclic) bond motifs is 2. The number of nitrogens with one attached hydrogen (secondary N) is 1. The van der Waals surface area contributed by atoms with E-state index in [0.29, 0.717) is 0 Å². The van der Waals surface area contributed by atoms with Gasteiger partial charge in [0.2, 0.25) is 0 Å². The maximum Gasteiger partial charge on any atom is 0.116 e. The van der Waals surface area contributed by atoms with Crippen LogP contribution < -0.4 is 4.90 Å². The molecular formula is C19H21N5. The normalized spacial score (nSPS) is 24.0. The second-order valence-electron chi connectivity index (χ2n) is 7.19. The molecule has 5 heteroatoms. The van der Waals surface area contributed by atoms with E-state index in [1.807, 2.05) is 12.4 Å². The SMILES string of the molecule is CN1C[C@@H]2CN(c3ccnnc3-c3ccc4cc[nH]c4c3)C[C@@H]2C1. The number of nitrogens with zero attached hydrogens (tertiary/aromatic N) is 4. The molecule has 0 spiro atoms. The summed E-state index contributed by atoms with van der Waals surface area (Å²) >= 11 is 0. The predicted molar refractivity (Wildman–Crippen MR) is 96.0 cm³/mol. The van der Waals surface area contributed by atoms with Crippen LogP contribution in [-0.2, 0) is 0 Å². The van der Waals surface area contributed by atoms with Crippen LogP contribution in [-0.4, -0.2) is 53.3 Å². The Morgan fingerprint density at radius 1 is 1.04 bits per heavy atom. The molecule has 24 heavy (non-hydrogen) atoms. The summed E-state index contributed by atoms with van der Waals surface area (Å²) < 4.78 is 0. The number of aromatic nitrogens is 3. The molecule has 5 nitrogen and oxygen atoms in total. The van der Waals surface area contributed by atoms with Crippen molar-refractivity contribution < 1.29 is 0 Å². The van der Waals surface area contributed by atoms with E-state index in [-0.39, 0.29) is 0 Å². The summed E-state index contributed by atoms with van der Waals surface area (Å²) in [5, 5.41) is 9.85. The Morgan fingerprint density at radius 3 is 2.71 bits per heavy atom. The van der Waals surface area contributed by atoms with Gasteiger partial charge in [-0.3, -0.25) is 0 Å². The molecule has 0 radical (unpaired) electrons. The predicted octanol–water partition coefficient (Wildman–Crippen LogP) is 2.62. The lowest BCUT2D eigenvalue weighted by molar-refractivity contribution is 0.387. The van der Waals surface area contributed by atoms with Gasteiger partial charge in [-0.25, -0.2) is 0 Å². The van der Waals surface area contributed by atoms with Gasteiger partial charge in [0, 0.05) is 43.5 Å². The molecule has 2 fully saturated rings. The van der Waals surface area contributed by atoms with Crippen molar-refractivity contribution in [3.63, 3.8) is 0 Å². The van der Waals surface area contributed by atoms with Crippen LogP contribution in [0.3, 0.4) is 0 Å². The molecule has 3 aromatic rings. The highest BCUT2D eigenvalue weighted by molar-refractivity contribution is 5.86. The molecule has 1 N–H and O–H groups in total. The van der Waals surface area contributed by atoms with Crippen molar-refractivity contribution in [3.8, 4) is 11.3 Å². The first-order chi connectivity index (χ1) is 11.8. The zero-order valence-electron chi connectivity index (χ0n) is 13.8. The summed E-state index contributed by atoms with van der Waals surface area (Å²) in [5.41, 5.74) is 4.47. The maximum atomic E-state index is 4.48. The lowest BCUT2D eigenvalue weighted by Gasteiger charge is -2.23.